The Hall–Kier alpha value is -2.57. The third-order valence-electron chi connectivity index (χ3n) is 2.51. The summed E-state index contributed by atoms with van der Waals surface area (Å²) in [6, 6.07) is 5.31. The molecule has 1 aromatic carbocycles. The summed E-state index contributed by atoms with van der Waals surface area (Å²) in [7, 11) is 0. The highest BCUT2D eigenvalue weighted by molar-refractivity contribution is 5.85. The molecule has 0 atom stereocenters. The monoisotopic (exact) mass is 262 g/mol. The summed E-state index contributed by atoms with van der Waals surface area (Å²) in [6.45, 7) is 2.09. The van der Waals surface area contributed by atoms with Crippen LogP contribution in [0.3, 0.4) is 0 Å². The van der Waals surface area contributed by atoms with Crippen LogP contribution in [0.2, 0.25) is 0 Å². The molecule has 0 unspecified atom stereocenters. The van der Waals surface area contributed by atoms with E-state index in [0.717, 1.165) is 0 Å². The van der Waals surface area contributed by atoms with Crippen molar-refractivity contribution < 1.29 is 23.5 Å². The van der Waals surface area contributed by atoms with Crippen molar-refractivity contribution in [2.45, 2.75) is 6.92 Å². The lowest BCUT2D eigenvalue weighted by Gasteiger charge is -1.99. The predicted octanol–water partition coefficient (Wildman–Crippen LogP) is 1.64. The van der Waals surface area contributed by atoms with Crippen molar-refractivity contribution in [2.75, 3.05) is 13.4 Å². The van der Waals surface area contributed by atoms with Crippen LogP contribution in [-0.2, 0) is 4.74 Å². The molecule has 3 rings (SSSR count). The molecular weight excluding hydrogens is 252 g/mol. The highest BCUT2D eigenvalue weighted by Crippen LogP contribution is 2.39. The van der Waals surface area contributed by atoms with Crippen molar-refractivity contribution in [3.63, 3.8) is 0 Å². The summed E-state index contributed by atoms with van der Waals surface area (Å²) in [6.07, 6.45) is 0. The van der Waals surface area contributed by atoms with Gasteiger partial charge in [0.05, 0.1) is 12.2 Å². The molecule has 0 amide bonds. The largest absolute Gasteiger partial charge is 0.459 e. The van der Waals surface area contributed by atoms with Gasteiger partial charge < -0.3 is 18.7 Å². The van der Waals surface area contributed by atoms with Gasteiger partial charge in [0, 0.05) is 0 Å². The van der Waals surface area contributed by atoms with Gasteiger partial charge in [-0.2, -0.15) is 4.98 Å². The standard InChI is InChI=1S/C12H10N2O5/c1-2-16-12(15)11-13-10(14-19-11)7-4-3-5-8-9(7)18-6-17-8/h3-5H,2,6H2,1H3. The molecule has 0 fully saturated rings. The lowest BCUT2D eigenvalue weighted by atomic mass is 10.2. The van der Waals surface area contributed by atoms with E-state index in [-0.39, 0.29) is 25.1 Å². The smallest absolute Gasteiger partial charge is 0.397 e. The maximum atomic E-state index is 11.4. The number of carbonyl (C=O) groups is 1. The summed E-state index contributed by atoms with van der Waals surface area (Å²) in [5.41, 5.74) is 0.606. The van der Waals surface area contributed by atoms with E-state index in [1.54, 1.807) is 25.1 Å². The van der Waals surface area contributed by atoms with Crippen LogP contribution in [0, 0.1) is 0 Å². The molecule has 0 bridgehead atoms. The van der Waals surface area contributed by atoms with Gasteiger partial charge >= 0.3 is 11.9 Å². The van der Waals surface area contributed by atoms with E-state index in [0.29, 0.717) is 17.1 Å². The number of esters is 1. The Balaban J connectivity index is 1.95. The highest BCUT2D eigenvalue weighted by atomic mass is 16.7. The molecule has 0 aliphatic carbocycles. The van der Waals surface area contributed by atoms with Crippen molar-refractivity contribution in [3.8, 4) is 22.9 Å². The Kier molecular flexibility index (Phi) is 2.79. The Morgan fingerprint density at radius 1 is 1.42 bits per heavy atom. The van der Waals surface area contributed by atoms with Crippen molar-refractivity contribution in [3.05, 3.63) is 24.1 Å². The summed E-state index contributed by atoms with van der Waals surface area (Å²) >= 11 is 0. The quantitative estimate of drug-likeness (QED) is 0.777. The summed E-state index contributed by atoms with van der Waals surface area (Å²) in [5.74, 6) is 0.573. The Morgan fingerprint density at radius 3 is 3.16 bits per heavy atom. The fourth-order valence-electron chi connectivity index (χ4n) is 1.71. The highest BCUT2D eigenvalue weighted by Gasteiger charge is 2.23. The van der Waals surface area contributed by atoms with E-state index in [4.69, 9.17) is 18.7 Å². The SMILES string of the molecule is CCOC(=O)c1nc(-c2cccc3c2OCO3)no1. The zero-order valence-corrected chi connectivity index (χ0v) is 10.1. The lowest BCUT2D eigenvalue weighted by Crippen LogP contribution is -2.04. The molecule has 2 heterocycles. The van der Waals surface area contributed by atoms with Gasteiger partial charge in [-0.05, 0) is 19.1 Å². The van der Waals surface area contributed by atoms with Crippen LogP contribution in [0.4, 0.5) is 0 Å². The normalized spacial score (nSPS) is 12.5. The topological polar surface area (TPSA) is 83.7 Å². The summed E-state index contributed by atoms with van der Waals surface area (Å²) in [5, 5.41) is 3.74. The number of hydrogen-bond acceptors (Lipinski definition) is 7. The van der Waals surface area contributed by atoms with Crippen LogP contribution in [0.5, 0.6) is 11.5 Å². The Bertz CT molecular complexity index is 622. The minimum absolute atomic E-state index is 0.148. The third-order valence-corrected chi connectivity index (χ3v) is 2.51. The number of benzene rings is 1. The Labute approximate surface area is 108 Å². The lowest BCUT2D eigenvalue weighted by molar-refractivity contribution is 0.0470. The average molecular weight is 262 g/mol. The van der Waals surface area contributed by atoms with Crippen molar-refractivity contribution >= 4 is 5.97 Å². The van der Waals surface area contributed by atoms with Crippen LogP contribution in [-0.4, -0.2) is 29.5 Å². The number of carbonyl (C=O) groups excluding carboxylic acids is 1. The van der Waals surface area contributed by atoms with E-state index in [1.165, 1.54) is 0 Å². The van der Waals surface area contributed by atoms with Crippen LogP contribution in [0.25, 0.3) is 11.4 Å². The molecule has 2 aromatic rings. The zero-order chi connectivity index (χ0) is 13.2. The van der Waals surface area contributed by atoms with E-state index < -0.39 is 5.97 Å². The van der Waals surface area contributed by atoms with Gasteiger partial charge in [0.1, 0.15) is 0 Å². The minimum atomic E-state index is -0.647. The van der Waals surface area contributed by atoms with Crippen LogP contribution >= 0.6 is 0 Å². The first-order valence-corrected chi connectivity index (χ1v) is 5.69. The number of para-hydroxylation sites is 1. The predicted molar refractivity (Wildman–Crippen MR) is 61.8 cm³/mol. The molecule has 0 saturated carbocycles. The number of aromatic nitrogens is 2. The molecule has 98 valence electrons. The maximum Gasteiger partial charge on any atom is 0.397 e. The first-order chi connectivity index (χ1) is 9.29. The Morgan fingerprint density at radius 2 is 2.32 bits per heavy atom. The molecular formula is C12H10N2O5. The first kappa shape index (κ1) is 11.5. The third kappa shape index (κ3) is 1.99. The second-order valence-electron chi connectivity index (χ2n) is 3.68. The number of hydrogen-bond donors (Lipinski definition) is 0. The average Bonchev–Trinajstić information content (AvgIpc) is 3.07. The van der Waals surface area contributed by atoms with Crippen LogP contribution in [0.1, 0.15) is 17.6 Å². The van der Waals surface area contributed by atoms with E-state index in [9.17, 15) is 4.79 Å². The molecule has 7 nitrogen and oxygen atoms in total. The van der Waals surface area contributed by atoms with E-state index in [2.05, 4.69) is 10.1 Å². The van der Waals surface area contributed by atoms with E-state index >= 15 is 0 Å². The second kappa shape index (κ2) is 4.60. The van der Waals surface area contributed by atoms with E-state index in [1.807, 2.05) is 0 Å². The molecule has 1 aliphatic rings. The molecule has 1 aromatic heterocycles. The zero-order valence-electron chi connectivity index (χ0n) is 10.1. The molecule has 19 heavy (non-hydrogen) atoms. The van der Waals surface area contributed by atoms with Crippen molar-refractivity contribution in [1.82, 2.24) is 10.1 Å². The number of nitrogens with zero attached hydrogens (tertiary/aromatic N) is 2. The maximum absolute atomic E-state index is 11.4. The number of ether oxygens (including phenoxy) is 3. The number of rotatable bonds is 3. The van der Waals surface area contributed by atoms with Gasteiger partial charge in [-0.25, -0.2) is 4.79 Å². The minimum Gasteiger partial charge on any atom is -0.459 e. The van der Waals surface area contributed by atoms with Crippen LogP contribution < -0.4 is 9.47 Å². The molecule has 7 heteroatoms. The molecule has 0 radical (unpaired) electrons. The van der Waals surface area contributed by atoms with Crippen molar-refractivity contribution in [1.29, 1.82) is 0 Å². The van der Waals surface area contributed by atoms with Gasteiger partial charge in [0.25, 0.3) is 0 Å². The van der Waals surface area contributed by atoms with Gasteiger partial charge in [-0.1, -0.05) is 11.2 Å². The van der Waals surface area contributed by atoms with Gasteiger partial charge in [0.15, 0.2) is 11.5 Å². The van der Waals surface area contributed by atoms with Crippen molar-refractivity contribution in [2.24, 2.45) is 0 Å². The summed E-state index contributed by atoms with van der Waals surface area (Å²) in [4.78, 5) is 15.4. The fraction of sp³-hybridized carbons (Fsp3) is 0.250. The van der Waals surface area contributed by atoms with Crippen LogP contribution in [0.15, 0.2) is 22.7 Å². The second-order valence-corrected chi connectivity index (χ2v) is 3.68. The molecule has 0 spiro atoms. The van der Waals surface area contributed by atoms with Gasteiger partial charge in [-0.15, -0.1) is 0 Å². The fourth-order valence-corrected chi connectivity index (χ4v) is 1.71. The molecule has 1 aliphatic heterocycles. The van der Waals surface area contributed by atoms with Gasteiger partial charge in [0.2, 0.25) is 12.6 Å². The first-order valence-electron chi connectivity index (χ1n) is 5.69. The summed E-state index contributed by atoms with van der Waals surface area (Å²) < 4.78 is 20.2. The van der Waals surface area contributed by atoms with Gasteiger partial charge in [-0.3, -0.25) is 0 Å². The molecule has 0 saturated heterocycles. The number of fused-ring (bicyclic) bond motifs is 1. The molecule has 0 N–H and O–H groups in total.